The summed E-state index contributed by atoms with van der Waals surface area (Å²) in [6.45, 7) is 1.71. The predicted octanol–water partition coefficient (Wildman–Crippen LogP) is 2.92. The topological polar surface area (TPSA) is 85.9 Å². The molecule has 2 rings (SSSR count). The first-order valence-corrected chi connectivity index (χ1v) is 9.61. The molecule has 0 spiro atoms. The number of rotatable bonds is 8. The van der Waals surface area contributed by atoms with Gasteiger partial charge in [-0.05, 0) is 59.3 Å². The molecule has 28 heavy (non-hydrogen) atoms. The molecular formula is C20H23IN2O5. The van der Waals surface area contributed by atoms with Gasteiger partial charge >= 0.3 is 0 Å². The van der Waals surface area contributed by atoms with E-state index in [0.717, 1.165) is 9.13 Å². The molecule has 0 saturated heterocycles. The fraction of sp³-hybridized carbons (Fsp3) is 0.300. The average molecular weight is 498 g/mol. The van der Waals surface area contributed by atoms with Crippen molar-refractivity contribution in [1.29, 1.82) is 0 Å². The molecule has 2 N–H and O–H groups in total. The summed E-state index contributed by atoms with van der Waals surface area (Å²) in [4.78, 5) is 24.5. The van der Waals surface area contributed by atoms with Crippen LogP contribution in [-0.2, 0) is 4.79 Å². The number of benzene rings is 2. The summed E-state index contributed by atoms with van der Waals surface area (Å²) >= 11 is 2.08. The molecule has 0 fully saturated rings. The van der Waals surface area contributed by atoms with Crippen molar-refractivity contribution in [3.63, 3.8) is 0 Å². The number of nitrogens with one attached hydrogen (secondary N) is 2. The smallest absolute Gasteiger partial charge is 0.252 e. The minimum atomic E-state index is -0.324. The van der Waals surface area contributed by atoms with E-state index in [4.69, 9.17) is 14.2 Å². The molecule has 0 saturated carbocycles. The zero-order valence-electron chi connectivity index (χ0n) is 16.2. The fourth-order valence-corrected chi connectivity index (χ4v) is 3.26. The Hall–Kier alpha value is -2.49. The van der Waals surface area contributed by atoms with Gasteiger partial charge in [-0.3, -0.25) is 9.59 Å². The molecule has 2 aromatic rings. The third kappa shape index (κ3) is 5.28. The average Bonchev–Trinajstić information content (AvgIpc) is 2.70. The summed E-state index contributed by atoms with van der Waals surface area (Å²) in [5.41, 5.74) is 1.32. The lowest BCUT2D eigenvalue weighted by atomic mass is 10.1. The van der Waals surface area contributed by atoms with Crippen molar-refractivity contribution in [1.82, 2.24) is 10.6 Å². The van der Waals surface area contributed by atoms with Gasteiger partial charge in [0.2, 0.25) is 11.7 Å². The number of hydrogen-bond acceptors (Lipinski definition) is 5. The Morgan fingerprint density at radius 1 is 1.04 bits per heavy atom. The van der Waals surface area contributed by atoms with E-state index in [9.17, 15) is 9.59 Å². The third-order valence-corrected chi connectivity index (χ3v) is 5.03. The van der Waals surface area contributed by atoms with Gasteiger partial charge in [-0.25, -0.2) is 0 Å². The highest BCUT2D eigenvalue weighted by atomic mass is 127. The van der Waals surface area contributed by atoms with Crippen molar-refractivity contribution in [2.24, 2.45) is 0 Å². The van der Waals surface area contributed by atoms with Crippen molar-refractivity contribution in [3.8, 4) is 17.2 Å². The summed E-state index contributed by atoms with van der Waals surface area (Å²) in [6, 6.07) is 10.4. The van der Waals surface area contributed by atoms with Crippen LogP contribution in [0.4, 0.5) is 0 Å². The second-order valence-electron chi connectivity index (χ2n) is 5.91. The third-order valence-electron chi connectivity index (χ3n) is 4.09. The summed E-state index contributed by atoms with van der Waals surface area (Å²) in [5.74, 6) is 0.896. The maximum Gasteiger partial charge on any atom is 0.252 e. The highest BCUT2D eigenvalue weighted by Gasteiger charge is 2.18. The summed E-state index contributed by atoms with van der Waals surface area (Å²) in [6.07, 6.45) is 0. The molecular weight excluding hydrogens is 475 g/mol. The number of hydrogen-bond donors (Lipinski definition) is 2. The van der Waals surface area contributed by atoms with E-state index >= 15 is 0 Å². The van der Waals surface area contributed by atoms with Gasteiger partial charge in [0.25, 0.3) is 5.91 Å². The Balaban J connectivity index is 2.02. The Labute approximate surface area is 177 Å². The van der Waals surface area contributed by atoms with Gasteiger partial charge in [0.1, 0.15) is 0 Å². The van der Waals surface area contributed by atoms with Crippen molar-refractivity contribution < 1.29 is 23.8 Å². The van der Waals surface area contributed by atoms with Gasteiger partial charge in [0, 0.05) is 3.57 Å². The molecule has 0 aliphatic heterocycles. The van der Waals surface area contributed by atoms with Crippen LogP contribution in [0.25, 0.3) is 0 Å². The molecule has 2 aromatic carbocycles. The van der Waals surface area contributed by atoms with E-state index in [1.165, 1.54) is 21.3 Å². The minimum Gasteiger partial charge on any atom is -0.493 e. The van der Waals surface area contributed by atoms with Gasteiger partial charge < -0.3 is 24.8 Å². The quantitative estimate of drug-likeness (QED) is 0.547. The van der Waals surface area contributed by atoms with Gasteiger partial charge in [0.05, 0.1) is 39.5 Å². The number of ether oxygens (including phenoxy) is 3. The summed E-state index contributed by atoms with van der Waals surface area (Å²) < 4.78 is 16.8. The second kappa shape index (κ2) is 10.2. The van der Waals surface area contributed by atoms with Crippen LogP contribution in [0.3, 0.4) is 0 Å². The molecule has 0 aromatic heterocycles. The number of carbonyl (C=O) groups excluding carboxylic acids is 2. The number of carbonyl (C=O) groups is 2. The first-order chi connectivity index (χ1) is 13.4. The highest BCUT2D eigenvalue weighted by molar-refractivity contribution is 14.1. The Bertz CT molecular complexity index is 831. The van der Waals surface area contributed by atoms with Crippen LogP contribution >= 0.6 is 22.6 Å². The monoisotopic (exact) mass is 498 g/mol. The summed E-state index contributed by atoms with van der Waals surface area (Å²) in [5, 5.41) is 5.48. The first kappa shape index (κ1) is 21.8. The number of methoxy groups -OCH3 is 3. The van der Waals surface area contributed by atoms with Crippen LogP contribution in [0.15, 0.2) is 36.4 Å². The van der Waals surface area contributed by atoms with Crippen LogP contribution in [0.1, 0.15) is 28.9 Å². The molecule has 7 nitrogen and oxygen atoms in total. The molecule has 2 amide bonds. The molecule has 1 atom stereocenters. The van der Waals surface area contributed by atoms with E-state index < -0.39 is 0 Å². The summed E-state index contributed by atoms with van der Waals surface area (Å²) in [7, 11) is 4.59. The predicted molar refractivity (Wildman–Crippen MR) is 114 cm³/mol. The van der Waals surface area contributed by atoms with Gasteiger partial charge in [-0.2, -0.15) is 0 Å². The Morgan fingerprint density at radius 3 is 2.18 bits per heavy atom. The van der Waals surface area contributed by atoms with E-state index in [-0.39, 0.29) is 24.4 Å². The molecule has 1 unspecified atom stereocenters. The van der Waals surface area contributed by atoms with Gasteiger partial charge in [0.15, 0.2) is 11.5 Å². The van der Waals surface area contributed by atoms with Crippen LogP contribution in [-0.4, -0.2) is 39.7 Å². The number of amides is 2. The molecule has 0 aliphatic carbocycles. The van der Waals surface area contributed by atoms with E-state index in [1.54, 1.807) is 24.3 Å². The van der Waals surface area contributed by atoms with E-state index in [1.807, 2.05) is 19.1 Å². The van der Waals surface area contributed by atoms with E-state index in [2.05, 4.69) is 33.2 Å². The SMILES string of the molecule is COc1cc(C(C)NC(=O)CNC(=O)c2ccccc2I)cc(OC)c1OC. The lowest BCUT2D eigenvalue weighted by Gasteiger charge is -2.19. The zero-order valence-corrected chi connectivity index (χ0v) is 18.3. The van der Waals surface area contributed by atoms with Crippen molar-refractivity contribution in [2.45, 2.75) is 13.0 Å². The maximum absolute atomic E-state index is 12.3. The Kier molecular flexibility index (Phi) is 7.91. The first-order valence-electron chi connectivity index (χ1n) is 8.53. The molecule has 8 heteroatoms. The molecule has 0 aliphatic rings. The Morgan fingerprint density at radius 2 is 1.64 bits per heavy atom. The lowest BCUT2D eigenvalue weighted by Crippen LogP contribution is -2.38. The minimum absolute atomic E-state index is 0.126. The zero-order chi connectivity index (χ0) is 20.7. The normalized spacial score (nSPS) is 11.3. The van der Waals surface area contributed by atoms with Crippen LogP contribution in [0.2, 0.25) is 0 Å². The molecule has 0 radical (unpaired) electrons. The van der Waals surface area contributed by atoms with Crippen LogP contribution < -0.4 is 24.8 Å². The fourth-order valence-electron chi connectivity index (χ4n) is 2.63. The lowest BCUT2D eigenvalue weighted by molar-refractivity contribution is -0.120. The van der Waals surface area contributed by atoms with Gasteiger partial charge in [-0.15, -0.1) is 0 Å². The van der Waals surface area contributed by atoms with Crippen LogP contribution in [0, 0.1) is 3.57 Å². The second-order valence-corrected chi connectivity index (χ2v) is 7.07. The maximum atomic E-state index is 12.3. The molecule has 150 valence electrons. The molecule has 0 heterocycles. The van der Waals surface area contributed by atoms with Crippen molar-refractivity contribution >= 4 is 34.4 Å². The standard InChI is InChI=1S/C20H23IN2O5/c1-12(13-9-16(26-2)19(28-4)17(10-13)27-3)23-18(24)11-22-20(25)14-7-5-6-8-15(14)21/h5-10,12H,11H2,1-4H3,(H,22,25)(H,23,24). The largest absolute Gasteiger partial charge is 0.493 e. The molecule has 0 bridgehead atoms. The number of halogens is 1. The highest BCUT2D eigenvalue weighted by Crippen LogP contribution is 2.39. The van der Waals surface area contributed by atoms with Crippen molar-refractivity contribution in [3.05, 3.63) is 51.1 Å². The van der Waals surface area contributed by atoms with Gasteiger partial charge in [-0.1, -0.05) is 12.1 Å². The van der Waals surface area contributed by atoms with E-state index in [0.29, 0.717) is 22.8 Å². The van der Waals surface area contributed by atoms with Crippen molar-refractivity contribution in [2.75, 3.05) is 27.9 Å². The van der Waals surface area contributed by atoms with Crippen LogP contribution in [0.5, 0.6) is 17.2 Å².